The van der Waals surface area contributed by atoms with Crippen molar-refractivity contribution in [3.63, 3.8) is 0 Å². The Balaban J connectivity index is 1.61. The molecule has 0 aromatic heterocycles. The van der Waals surface area contributed by atoms with Crippen LogP contribution in [0.3, 0.4) is 0 Å². The van der Waals surface area contributed by atoms with Gasteiger partial charge in [0.2, 0.25) is 0 Å². The molecular weight excluding hydrogens is 265 g/mol. The molecule has 1 aliphatic rings. The van der Waals surface area contributed by atoms with Crippen LogP contribution < -0.4 is 10.1 Å². The quantitative estimate of drug-likeness (QED) is 0.928. The van der Waals surface area contributed by atoms with E-state index in [1.54, 1.807) is 19.2 Å². The molecule has 1 aliphatic carbocycles. The number of aryl methyl sites for hydroxylation is 1. The molecule has 0 spiro atoms. The molecule has 0 radical (unpaired) electrons. The molecule has 0 saturated heterocycles. The van der Waals surface area contributed by atoms with Crippen molar-refractivity contribution in [2.24, 2.45) is 0 Å². The molecule has 3 heteroatoms. The van der Waals surface area contributed by atoms with Gasteiger partial charge < -0.3 is 10.1 Å². The molecule has 2 aromatic carbocycles. The van der Waals surface area contributed by atoms with Gasteiger partial charge in [-0.05, 0) is 36.5 Å². The van der Waals surface area contributed by atoms with Crippen LogP contribution in [0.25, 0.3) is 0 Å². The zero-order valence-corrected chi connectivity index (χ0v) is 12.2. The predicted molar refractivity (Wildman–Crippen MR) is 82.0 cm³/mol. The van der Waals surface area contributed by atoms with Crippen molar-refractivity contribution in [1.82, 2.24) is 5.32 Å². The highest BCUT2D eigenvalue weighted by molar-refractivity contribution is 5.31. The monoisotopic (exact) mass is 285 g/mol. The molecule has 3 rings (SSSR count). The van der Waals surface area contributed by atoms with Gasteiger partial charge >= 0.3 is 0 Å². The van der Waals surface area contributed by atoms with Crippen LogP contribution in [0.5, 0.6) is 5.75 Å². The van der Waals surface area contributed by atoms with E-state index < -0.39 is 0 Å². The van der Waals surface area contributed by atoms with Crippen LogP contribution >= 0.6 is 0 Å². The van der Waals surface area contributed by atoms with Crippen molar-refractivity contribution in [2.45, 2.75) is 31.8 Å². The van der Waals surface area contributed by atoms with E-state index in [1.165, 1.54) is 17.2 Å². The van der Waals surface area contributed by atoms with Crippen molar-refractivity contribution in [1.29, 1.82) is 0 Å². The fourth-order valence-electron chi connectivity index (χ4n) is 2.92. The first-order valence-corrected chi connectivity index (χ1v) is 7.39. The molecular formula is C18H20FNO. The molecule has 0 amide bonds. The molecule has 2 nitrogen and oxygen atoms in total. The Bertz CT molecular complexity index is 626. The topological polar surface area (TPSA) is 21.3 Å². The van der Waals surface area contributed by atoms with Gasteiger partial charge in [0.1, 0.15) is 11.6 Å². The first kappa shape index (κ1) is 14.1. The van der Waals surface area contributed by atoms with Gasteiger partial charge in [0.25, 0.3) is 0 Å². The minimum atomic E-state index is -0.210. The van der Waals surface area contributed by atoms with Gasteiger partial charge in [0.15, 0.2) is 0 Å². The predicted octanol–water partition coefficient (Wildman–Crippen LogP) is 3.48. The summed E-state index contributed by atoms with van der Waals surface area (Å²) >= 11 is 0. The molecule has 2 aromatic rings. The second kappa shape index (κ2) is 6.27. The van der Waals surface area contributed by atoms with Crippen molar-refractivity contribution >= 4 is 0 Å². The third-order valence-corrected chi connectivity index (χ3v) is 4.19. The summed E-state index contributed by atoms with van der Waals surface area (Å²) in [6, 6.07) is 14.0. The van der Waals surface area contributed by atoms with Crippen LogP contribution in [0, 0.1) is 5.82 Å². The Labute approximate surface area is 125 Å². The molecule has 1 N–H and O–H groups in total. The summed E-state index contributed by atoms with van der Waals surface area (Å²) in [5.74, 6) is 0.348. The summed E-state index contributed by atoms with van der Waals surface area (Å²) in [5.41, 5.74) is 3.55. The summed E-state index contributed by atoms with van der Waals surface area (Å²) in [7, 11) is 1.55. The Morgan fingerprint density at radius 1 is 1.19 bits per heavy atom. The van der Waals surface area contributed by atoms with Crippen LogP contribution in [-0.2, 0) is 19.4 Å². The van der Waals surface area contributed by atoms with Crippen LogP contribution in [0.2, 0.25) is 0 Å². The Morgan fingerprint density at radius 2 is 2.00 bits per heavy atom. The van der Waals surface area contributed by atoms with Gasteiger partial charge in [-0.15, -0.1) is 0 Å². The highest BCUT2D eigenvalue weighted by Crippen LogP contribution is 2.22. The van der Waals surface area contributed by atoms with E-state index in [0.29, 0.717) is 23.9 Å². The van der Waals surface area contributed by atoms with Crippen LogP contribution in [0.4, 0.5) is 4.39 Å². The van der Waals surface area contributed by atoms with Crippen molar-refractivity contribution in [3.05, 3.63) is 65.0 Å². The zero-order valence-electron chi connectivity index (χ0n) is 12.2. The number of rotatable bonds is 4. The maximum atomic E-state index is 13.9. The van der Waals surface area contributed by atoms with Gasteiger partial charge in [-0.1, -0.05) is 30.3 Å². The summed E-state index contributed by atoms with van der Waals surface area (Å²) in [5, 5.41) is 3.48. The highest BCUT2D eigenvalue weighted by atomic mass is 19.1. The van der Waals surface area contributed by atoms with E-state index in [9.17, 15) is 4.39 Å². The van der Waals surface area contributed by atoms with E-state index in [2.05, 4.69) is 29.6 Å². The number of nitrogens with one attached hydrogen (secondary N) is 1. The van der Waals surface area contributed by atoms with E-state index >= 15 is 0 Å². The lowest BCUT2D eigenvalue weighted by atomic mass is 9.88. The Hall–Kier alpha value is -1.87. The van der Waals surface area contributed by atoms with Crippen molar-refractivity contribution in [2.75, 3.05) is 7.11 Å². The first-order chi connectivity index (χ1) is 10.3. The minimum absolute atomic E-state index is 0.210. The maximum absolute atomic E-state index is 13.9. The van der Waals surface area contributed by atoms with Crippen LogP contribution in [-0.4, -0.2) is 13.2 Å². The first-order valence-electron chi connectivity index (χ1n) is 7.39. The van der Waals surface area contributed by atoms with Gasteiger partial charge in [0.05, 0.1) is 7.11 Å². The molecule has 1 unspecified atom stereocenters. The lowest BCUT2D eigenvalue weighted by Gasteiger charge is -2.25. The molecule has 1 atom stereocenters. The number of fused-ring (bicyclic) bond motifs is 1. The number of methoxy groups -OCH3 is 1. The summed E-state index contributed by atoms with van der Waals surface area (Å²) in [6.45, 7) is 0.558. The minimum Gasteiger partial charge on any atom is -0.497 e. The van der Waals surface area contributed by atoms with Crippen LogP contribution in [0.1, 0.15) is 23.1 Å². The highest BCUT2D eigenvalue weighted by Gasteiger charge is 2.18. The van der Waals surface area contributed by atoms with Crippen molar-refractivity contribution in [3.8, 4) is 5.75 Å². The standard InChI is InChI=1S/C18H20FNO/c1-21-17-9-7-15(18(19)11-17)12-20-16-8-6-13-4-2-3-5-14(13)10-16/h2-5,7,9,11,16,20H,6,8,10,12H2,1H3. The molecule has 0 fully saturated rings. The number of ether oxygens (including phenoxy) is 1. The largest absolute Gasteiger partial charge is 0.497 e. The molecule has 0 bridgehead atoms. The maximum Gasteiger partial charge on any atom is 0.131 e. The molecule has 21 heavy (non-hydrogen) atoms. The van der Waals surface area contributed by atoms with E-state index in [1.807, 2.05) is 0 Å². The summed E-state index contributed by atoms with van der Waals surface area (Å²) in [6.07, 6.45) is 3.22. The average Bonchev–Trinajstić information content (AvgIpc) is 2.53. The van der Waals surface area contributed by atoms with Gasteiger partial charge in [0, 0.05) is 24.2 Å². The zero-order chi connectivity index (χ0) is 14.7. The molecule has 0 saturated carbocycles. The molecule has 0 heterocycles. The SMILES string of the molecule is COc1ccc(CNC2CCc3ccccc3C2)c(F)c1. The van der Waals surface area contributed by atoms with Gasteiger partial charge in [-0.3, -0.25) is 0 Å². The molecule has 110 valence electrons. The Morgan fingerprint density at radius 3 is 2.76 bits per heavy atom. The van der Waals surface area contributed by atoms with Crippen LogP contribution in [0.15, 0.2) is 42.5 Å². The Kier molecular flexibility index (Phi) is 4.20. The third kappa shape index (κ3) is 3.24. The summed E-state index contributed by atoms with van der Waals surface area (Å²) < 4.78 is 18.9. The number of benzene rings is 2. The van der Waals surface area contributed by atoms with Gasteiger partial charge in [-0.2, -0.15) is 0 Å². The summed E-state index contributed by atoms with van der Waals surface area (Å²) in [4.78, 5) is 0. The third-order valence-electron chi connectivity index (χ3n) is 4.19. The van der Waals surface area contributed by atoms with Gasteiger partial charge in [-0.25, -0.2) is 4.39 Å². The lowest BCUT2D eigenvalue weighted by Crippen LogP contribution is -2.34. The lowest BCUT2D eigenvalue weighted by molar-refractivity contribution is 0.409. The fraction of sp³-hybridized carbons (Fsp3) is 0.333. The molecule has 0 aliphatic heterocycles. The fourth-order valence-corrected chi connectivity index (χ4v) is 2.92. The number of halogens is 1. The second-order valence-electron chi connectivity index (χ2n) is 5.55. The van der Waals surface area contributed by atoms with E-state index in [0.717, 1.165) is 19.3 Å². The average molecular weight is 285 g/mol. The number of hydrogen-bond acceptors (Lipinski definition) is 2. The van der Waals surface area contributed by atoms with E-state index in [-0.39, 0.29) is 5.82 Å². The second-order valence-corrected chi connectivity index (χ2v) is 5.55. The normalized spacial score (nSPS) is 17.3. The smallest absolute Gasteiger partial charge is 0.131 e. The number of hydrogen-bond donors (Lipinski definition) is 1. The van der Waals surface area contributed by atoms with Crippen molar-refractivity contribution < 1.29 is 9.13 Å². The van der Waals surface area contributed by atoms with E-state index in [4.69, 9.17) is 4.74 Å².